The number of hydrogen-bond donors (Lipinski definition) is 2. The molecule has 0 aliphatic carbocycles. The van der Waals surface area contributed by atoms with Crippen molar-refractivity contribution in [2.75, 3.05) is 6.61 Å². The maximum absolute atomic E-state index is 10.7. The van der Waals surface area contributed by atoms with Crippen LogP contribution >= 0.6 is 0 Å². The number of aromatic carboxylic acids is 1. The van der Waals surface area contributed by atoms with E-state index in [0.29, 0.717) is 25.2 Å². The number of furan rings is 1. The molecule has 1 fully saturated rings. The highest BCUT2D eigenvalue weighted by Crippen LogP contribution is 2.36. The first-order valence-corrected chi connectivity index (χ1v) is 5.73. The summed E-state index contributed by atoms with van der Waals surface area (Å²) in [5.74, 6) is -0.955. The zero-order valence-electron chi connectivity index (χ0n) is 9.68. The van der Waals surface area contributed by atoms with Crippen LogP contribution in [0, 0.1) is 0 Å². The van der Waals surface area contributed by atoms with E-state index in [2.05, 4.69) is 0 Å². The highest BCUT2D eigenvalue weighted by Gasteiger charge is 2.39. The summed E-state index contributed by atoms with van der Waals surface area (Å²) < 4.78 is 10.7. The van der Waals surface area contributed by atoms with E-state index in [1.165, 1.54) is 12.1 Å². The zero-order chi connectivity index (χ0) is 12.5. The Balaban J connectivity index is 2.21. The molecular formula is C12H16O5. The lowest BCUT2D eigenvalue weighted by molar-refractivity contribution is -0.118. The monoisotopic (exact) mass is 240 g/mol. The van der Waals surface area contributed by atoms with Crippen LogP contribution in [0.5, 0.6) is 0 Å². The van der Waals surface area contributed by atoms with Gasteiger partial charge in [-0.15, -0.1) is 0 Å². The van der Waals surface area contributed by atoms with Crippen LogP contribution < -0.4 is 0 Å². The van der Waals surface area contributed by atoms with E-state index in [4.69, 9.17) is 14.3 Å². The van der Waals surface area contributed by atoms with E-state index in [0.717, 1.165) is 6.42 Å². The van der Waals surface area contributed by atoms with Gasteiger partial charge < -0.3 is 19.4 Å². The Labute approximate surface area is 99.0 Å². The fourth-order valence-electron chi connectivity index (χ4n) is 2.12. The van der Waals surface area contributed by atoms with E-state index < -0.39 is 11.6 Å². The van der Waals surface area contributed by atoms with Gasteiger partial charge in [-0.1, -0.05) is 6.92 Å². The van der Waals surface area contributed by atoms with E-state index in [1.54, 1.807) is 0 Å². The van der Waals surface area contributed by atoms with Crippen LogP contribution in [-0.4, -0.2) is 28.9 Å². The molecule has 2 atom stereocenters. The summed E-state index contributed by atoms with van der Waals surface area (Å²) in [6.45, 7) is 2.44. The van der Waals surface area contributed by atoms with Crippen molar-refractivity contribution in [3.63, 3.8) is 0 Å². The van der Waals surface area contributed by atoms with Crippen LogP contribution in [-0.2, 0) is 10.3 Å². The summed E-state index contributed by atoms with van der Waals surface area (Å²) in [6.07, 6.45) is 1.67. The number of carboxylic acid groups (broad SMARTS) is 1. The van der Waals surface area contributed by atoms with Crippen LogP contribution in [0.2, 0.25) is 0 Å². The zero-order valence-corrected chi connectivity index (χ0v) is 9.68. The Morgan fingerprint density at radius 2 is 2.35 bits per heavy atom. The molecular weight excluding hydrogens is 224 g/mol. The summed E-state index contributed by atoms with van der Waals surface area (Å²) in [5.41, 5.74) is -1.10. The van der Waals surface area contributed by atoms with Gasteiger partial charge in [0, 0.05) is 12.8 Å². The maximum Gasteiger partial charge on any atom is 0.371 e. The van der Waals surface area contributed by atoms with Gasteiger partial charge in [-0.2, -0.15) is 0 Å². The highest BCUT2D eigenvalue weighted by molar-refractivity contribution is 5.84. The molecule has 0 saturated carbocycles. The first kappa shape index (κ1) is 12.1. The van der Waals surface area contributed by atoms with Crippen LogP contribution in [0.15, 0.2) is 16.5 Å². The second-order valence-electron chi connectivity index (χ2n) is 4.36. The van der Waals surface area contributed by atoms with E-state index >= 15 is 0 Å². The third-order valence-electron chi connectivity index (χ3n) is 3.17. The molecule has 0 amide bonds. The van der Waals surface area contributed by atoms with Gasteiger partial charge in [-0.25, -0.2) is 4.79 Å². The molecule has 94 valence electrons. The lowest BCUT2D eigenvalue weighted by Gasteiger charge is -2.35. The molecule has 1 aliphatic rings. The minimum Gasteiger partial charge on any atom is -0.475 e. The van der Waals surface area contributed by atoms with Crippen LogP contribution in [0.1, 0.15) is 42.5 Å². The average molecular weight is 240 g/mol. The van der Waals surface area contributed by atoms with Gasteiger partial charge in [-0.05, 0) is 18.6 Å². The second kappa shape index (κ2) is 4.50. The molecule has 1 aliphatic heterocycles. The SMILES string of the molecule is CCC1CC(O)(c2ccc(C(=O)O)o2)CCO1. The van der Waals surface area contributed by atoms with Crippen molar-refractivity contribution in [3.05, 3.63) is 23.7 Å². The number of aliphatic hydroxyl groups is 1. The van der Waals surface area contributed by atoms with E-state index in [9.17, 15) is 9.90 Å². The average Bonchev–Trinajstić information content (AvgIpc) is 2.79. The van der Waals surface area contributed by atoms with Crippen LogP contribution in [0.3, 0.4) is 0 Å². The summed E-state index contributed by atoms with van der Waals surface area (Å²) >= 11 is 0. The smallest absolute Gasteiger partial charge is 0.371 e. The molecule has 2 heterocycles. The van der Waals surface area contributed by atoms with Crippen molar-refractivity contribution in [1.82, 2.24) is 0 Å². The molecule has 1 aromatic heterocycles. The van der Waals surface area contributed by atoms with Crippen molar-refractivity contribution < 1.29 is 24.2 Å². The third kappa shape index (κ3) is 2.35. The molecule has 0 bridgehead atoms. The lowest BCUT2D eigenvalue weighted by Crippen LogP contribution is -2.38. The molecule has 1 aromatic rings. The molecule has 0 aromatic carbocycles. The molecule has 1 saturated heterocycles. The molecule has 0 radical (unpaired) electrons. The van der Waals surface area contributed by atoms with E-state index in [-0.39, 0.29) is 11.9 Å². The summed E-state index contributed by atoms with van der Waals surface area (Å²) in [5, 5.41) is 19.3. The Morgan fingerprint density at radius 3 is 2.94 bits per heavy atom. The van der Waals surface area contributed by atoms with Crippen molar-refractivity contribution >= 4 is 5.97 Å². The highest BCUT2D eigenvalue weighted by atomic mass is 16.5. The Bertz CT molecular complexity index is 411. The van der Waals surface area contributed by atoms with Gasteiger partial charge in [0.25, 0.3) is 0 Å². The number of rotatable bonds is 3. The van der Waals surface area contributed by atoms with E-state index in [1.807, 2.05) is 6.92 Å². The molecule has 2 rings (SSSR count). The number of hydrogen-bond acceptors (Lipinski definition) is 4. The minimum atomic E-state index is -1.13. The fourth-order valence-corrected chi connectivity index (χ4v) is 2.12. The predicted molar refractivity (Wildman–Crippen MR) is 58.8 cm³/mol. The van der Waals surface area contributed by atoms with Gasteiger partial charge in [-0.3, -0.25) is 0 Å². The van der Waals surface area contributed by atoms with Gasteiger partial charge in [0.15, 0.2) is 0 Å². The number of carboxylic acids is 1. The van der Waals surface area contributed by atoms with Gasteiger partial charge in [0.05, 0.1) is 12.7 Å². The van der Waals surface area contributed by atoms with Crippen molar-refractivity contribution in [2.24, 2.45) is 0 Å². The lowest BCUT2D eigenvalue weighted by atomic mass is 9.87. The van der Waals surface area contributed by atoms with Crippen LogP contribution in [0.4, 0.5) is 0 Å². The van der Waals surface area contributed by atoms with Crippen LogP contribution in [0.25, 0.3) is 0 Å². The van der Waals surface area contributed by atoms with Gasteiger partial charge >= 0.3 is 5.97 Å². The summed E-state index contributed by atoms with van der Waals surface area (Å²) in [4.78, 5) is 10.7. The summed E-state index contributed by atoms with van der Waals surface area (Å²) in [6, 6.07) is 2.90. The Morgan fingerprint density at radius 1 is 1.59 bits per heavy atom. The largest absolute Gasteiger partial charge is 0.475 e. The minimum absolute atomic E-state index is 0.00729. The molecule has 5 nitrogen and oxygen atoms in total. The Hall–Kier alpha value is -1.33. The molecule has 5 heteroatoms. The first-order chi connectivity index (χ1) is 8.05. The molecule has 17 heavy (non-hydrogen) atoms. The van der Waals surface area contributed by atoms with Crippen molar-refractivity contribution in [1.29, 1.82) is 0 Å². The summed E-state index contributed by atoms with van der Waals surface area (Å²) in [7, 11) is 0. The maximum atomic E-state index is 10.7. The van der Waals surface area contributed by atoms with Crippen molar-refractivity contribution in [3.8, 4) is 0 Å². The quantitative estimate of drug-likeness (QED) is 0.841. The van der Waals surface area contributed by atoms with Gasteiger partial charge in [0.1, 0.15) is 11.4 Å². The topological polar surface area (TPSA) is 79.9 Å². The molecule has 0 spiro atoms. The first-order valence-electron chi connectivity index (χ1n) is 5.73. The molecule has 2 unspecified atom stereocenters. The number of carbonyl (C=O) groups is 1. The number of ether oxygens (including phenoxy) is 1. The Kier molecular flexibility index (Phi) is 3.22. The fraction of sp³-hybridized carbons (Fsp3) is 0.583. The third-order valence-corrected chi connectivity index (χ3v) is 3.17. The molecule has 2 N–H and O–H groups in total. The predicted octanol–water partition coefficient (Wildman–Crippen LogP) is 1.75. The second-order valence-corrected chi connectivity index (χ2v) is 4.36. The van der Waals surface area contributed by atoms with Gasteiger partial charge in [0.2, 0.25) is 5.76 Å². The van der Waals surface area contributed by atoms with Crippen molar-refractivity contribution in [2.45, 2.75) is 37.9 Å². The standard InChI is InChI=1S/C12H16O5/c1-2-8-7-12(15,5-6-16-8)10-4-3-9(17-10)11(13)14/h3-4,8,15H,2,5-7H2,1H3,(H,13,14). The normalized spacial score (nSPS) is 29.2.